The van der Waals surface area contributed by atoms with Gasteiger partial charge in [0.05, 0.1) is 19.0 Å². The molecular formula is C18H17N7O2. The molecule has 9 nitrogen and oxygen atoms in total. The molecule has 1 amide bonds. The quantitative estimate of drug-likeness (QED) is 0.339. The molecule has 0 fully saturated rings. The fraction of sp³-hybridized carbons (Fsp3) is 0.111. The smallest absolute Gasteiger partial charge is 0.268 e. The van der Waals surface area contributed by atoms with Crippen molar-refractivity contribution in [1.29, 1.82) is 0 Å². The number of aromatic amines is 2. The van der Waals surface area contributed by atoms with Crippen molar-refractivity contribution in [2.45, 2.75) is 6.04 Å². The molecule has 136 valence electrons. The molecule has 0 aliphatic rings. The average Bonchev–Trinajstić information content (AvgIpc) is 3.35. The first-order valence-electron chi connectivity index (χ1n) is 8.25. The summed E-state index contributed by atoms with van der Waals surface area (Å²) in [6.45, 7) is -0.247. The summed E-state index contributed by atoms with van der Waals surface area (Å²) in [5.74, 6) is -0.352. The maximum Gasteiger partial charge on any atom is 0.268 e. The van der Waals surface area contributed by atoms with Crippen LogP contribution in [-0.4, -0.2) is 42.5 Å². The first-order valence-corrected chi connectivity index (χ1v) is 8.25. The number of rotatable bonds is 5. The lowest BCUT2D eigenvalue weighted by molar-refractivity contribution is 0.0912. The molecule has 27 heavy (non-hydrogen) atoms. The normalized spacial score (nSPS) is 12.2. The zero-order chi connectivity index (χ0) is 18.8. The number of nitrogens with zero attached hydrogens (tertiary/aromatic N) is 3. The fourth-order valence-corrected chi connectivity index (χ4v) is 2.88. The lowest BCUT2D eigenvalue weighted by Gasteiger charge is -2.16. The number of aliphatic hydroxyl groups is 1. The molecule has 6 N–H and O–H groups in total. The third kappa shape index (κ3) is 3.23. The number of H-pyrrole nitrogens is 2. The Morgan fingerprint density at radius 3 is 2.93 bits per heavy atom. The molecule has 3 aromatic heterocycles. The van der Waals surface area contributed by atoms with Crippen molar-refractivity contribution < 1.29 is 9.90 Å². The summed E-state index contributed by atoms with van der Waals surface area (Å²) < 4.78 is 0. The molecule has 0 aliphatic heterocycles. The molecule has 0 spiro atoms. The van der Waals surface area contributed by atoms with E-state index in [2.05, 4.69) is 30.2 Å². The molecule has 9 heteroatoms. The van der Waals surface area contributed by atoms with E-state index in [1.165, 1.54) is 6.33 Å². The van der Waals surface area contributed by atoms with Gasteiger partial charge in [-0.2, -0.15) is 0 Å². The van der Waals surface area contributed by atoms with Crippen LogP contribution in [0.3, 0.4) is 0 Å². The molecule has 3 heterocycles. The molecule has 0 aliphatic carbocycles. The SMILES string of the molecule is Nc1cccc([C@@H](CO)NC(=O)c2cc(-c3ncnc4[nH]cnc34)c[nH]2)c1. The Hall–Kier alpha value is -3.72. The summed E-state index contributed by atoms with van der Waals surface area (Å²) in [4.78, 5) is 31.0. The van der Waals surface area contributed by atoms with Crippen LogP contribution in [0.5, 0.6) is 0 Å². The Kier molecular flexibility index (Phi) is 4.27. The van der Waals surface area contributed by atoms with Gasteiger partial charge in [-0.3, -0.25) is 4.79 Å². The molecule has 0 saturated heterocycles. The highest BCUT2D eigenvalue weighted by Crippen LogP contribution is 2.24. The van der Waals surface area contributed by atoms with Crippen molar-refractivity contribution in [2.24, 2.45) is 0 Å². The maximum absolute atomic E-state index is 12.6. The number of aromatic nitrogens is 5. The minimum Gasteiger partial charge on any atom is -0.399 e. The number of nitrogens with two attached hydrogens (primary N) is 1. The third-order valence-electron chi connectivity index (χ3n) is 4.22. The van der Waals surface area contributed by atoms with E-state index in [9.17, 15) is 9.90 Å². The van der Waals surface area contributed by atoms with E-state index in [-0.39, 0.29) is 12.5 Å². The van der Waals surface area contributed by atoms with Crippen molar-refractivity contribution in [3.8, 4) is 11.3 Å². The summed E-state index contributed by atoms with van der Waals surface area (Å²) in [5, 5.41) is 12.4. The number of aliphatic hydroxyl groups excluding tert-OH is 1. The van der Waals surface area contributed by atoms with E-state index < -0.39 is 6.04 Å². The number of carbonyl (C=O) groups is 1. The minimum absolute atomic E-state index is 0.247. The van der Waals surface area contributed by atoms with E-state index in [1.807, 2.05) is 0 Å². The van der Waals surface area contributed by atoms with Crippen LogP contribution in [0.15, 0.2) is 49.2 Å². The molecule has 4 rings (SSSR count). The first kappa shape index (κ1) is 16.7. The maximum atomic E-state index is 12.6. The Morgan fingerprint density at radius 2 is 2.11 bits per heavy atom. The molecule has 1 aromatic carbocycles. The summed E-state index contributed by atoms with van der Waals surface area (Å²) in [6, 6.07) is 8.15. The number of benzene rings is 1. The number of hydrogen-bond acceptors (Lipinski definition) is 6. The molecule has 1 atom stereocenters. The predicted molar refractivity (Wildman–Crippen MR) is 99.6 cm³/mol. The van der Waals surface area contributed by atoms with Crippen LogP contribution in [0.4, 0.5) is 5.69 Å². The van der Waals surface area contributed by atoms with Crippen LogP contribution >= 0.6 is 0 Å². The number of imidazole rings is 1. The largest absolute Gasteiger partial charge is 0.399 e. The highest BCUT2D eigenvalue weighted by Gasteiger charge is 2.18. The summed E-state index contributed by atoms with van der Waals surface area (Å²) in [6.07, 6.45) is 4.66. The summed E-state index contributed by atoms with van der Waals surface area (Å²) >= 11 is 0. The van der Waals surface area contributed by atoms with Crippen molar-refractivity contribution in [3.05, 3.63) is 60.4 Å². The second-order valence-electron chi connectivity index (χ2n) is 6.00. The first-order chi connectivity index (χ1) is 13.2. The molecule has 0 bridgehead atoms. The van der Waals surface area contributed by atoms with Crippen LogP contribution in [0.1, 0.15) is 22.1 Å². The number of anilines is 1. The van der Waals surface area contributed by atoms with Crippen molar-refractivity contribution in [2.75, 3.05) is 12.3 Å². The van der Waals surface area contributed by atoms with Gasteiger partial charge in [-0.25, -0.2) is 15.0 Å². The van der Waals surface area contributed by atoms with Gasteiger partial charge in [0, 0.05) is 17.4 Å². The van der Waals surface area contributed by atoms with E-state index >= 15 is 0 Å². The van der Waals surface area contributed by atoms with Crippen molar-refractivity contribution in [3.63, 3.8) is 0 Å². The van der Waals surface area contributed by atoms with Gasteiger partial charge < -0.3 is 26.1 Å². The second-order valence-corrected chi connectivity index (χ2v) is 6.00. The number of fused-ring (bicyclic) bond motifs is 1. The van der Waals surface area contributed by atoms with Crippen LogP contribution in [-0.2, 0) is 0 Å². The van der Waals surface area contributed by atoms with Gasteiger partial charge in [0.1, 0.15) is 23.2 Å². The van der Waals surface area contributed by atoms with Crippen LogP contribution in [0.25, 0.3) is 22.4 Å². The second kappa shape index (κ2) is 6.89. The molecule has 4 aromatic rings. The zero-order valence-corrected chi connectivity index (χ0v) is 14.2. The Bertz CT molecular complexity index is 1100. The van der Waals surface area contributed by atoms with E-state index in [4.69, 9.17) is 5.73 Å². The summed E-state index contributed by atoms with van der Waals surface area (Å²) in [5.41, 5.74) is 9.98. The standard InChI is InChI=1S/C18H17N7O2/c19-12-3-1-2-10(4-12)14(7-26)25-18(27)13-5-11(6-20-13)15-16-17(23-8-21-15)24-9-22-16/h1-6,8-9,14,20,26H,7,19H2,(H,25,27)(H,21,22,23,24)/t14-/m1/s1. The number of amides is 1. The number of hydrogen-bond donors (Lipinski definition) is 5. The van der Waals surface area contributed by atoms with Crippen molar-refractivity contribution >= 4 is 22.8 Å². The average molecular weight is 363 g/mol. The van der Waals surface area contributed by atoms with E-state index in [0.717, 1.165) is 5.56 Å². The molecule has 0 unspecified atom stereocenters. The highest BCUT2D eigenvalue weighted by molar-refractivity contribution is 5.95. The number of nitrogens with one attached hydrogen (secondary N) is 3. The molecular weight excluding hydrogens is 346 g/mol. The fourth-order valence-electron chi connectivity index (χ4n) is 2.88. The monoisotopic (exact) mass is 363 g/mol. The van der Waals surface area contributed by atoms with Crippen LogP contribution in [0, 0.1) is 0 Å². The number of carbonyl (C=O) groups excluding carboxylic acids is 1. The van der Waals surface area contributed by atoms with E-state index in [0.29, 0.717) is 33.8 Å². The molecule has 0 radical (unpaired) electrons. The van der Waals surface area contributed by atoms with Gasteiger partial charge in [-0.1, -0.05) is 12.1 Å². The van der Waals surface area contributed by atoms with E-state index in [1.54, 1.807) is 42.9 Å². The van der Waals surface area contributed by atoms with Gasteiger partial charge in [-0.05, 0) is 23.8 Å². The highest BCUT2D eigenvalue weighted by atomic mass is 16.3. The molecule has 0 saturated carbocycles. The van der Waals surface area contributed by atoms with Crippen LogP contribution in [0.2, 0.25) is 0 Å². The Balaban J connectivity index is 1.57. The van der Waals surface area contributed by atoms with Gasteiger partial charge in [0.25, 0.3) is 5.91 Å². The lowest BCUT2D eigenvalue weighted by Crippen LogP contribution is -2.31. The van der Waals surface area contributed by atoms with Gasteiger partial charge in [0.15, 0.2) is 5.65 Å². The Morgan fingerprint density at radius 1 is 1.22 bits per heavy atom. The van der Waals surface area contributed by atoms with Gasteiger partial charge in [-0.15, -0.1) is 0 Å². The van der Waals surface area contributed by atoms with Gasteiger partial charge >= 0.3 is 0 Å². The lowest BCUT2D eigenvalue weighted by atomic mass is 10.1. The van der Waals surface area contributed by atoms with Gasteiger partial charge in [0.2, 0.25) is 0 Å². The predicted octanol–water partition coefficient (Wildman–Crippen LogP) is 1.39. The zero-order valence-electron chi connectivity index (χ0n) is 14.2. The topological polar surface area (TPSA) is 146 Å². The third-order valence-corrected chi connectivity index (χ3v) is 4.22. The minimum atomic E-state index is -0.565. The van der Waals surface area contributed by atoms with Crippen molar-refractivity contribution in [1.82, 2.24) is 30.2 Å². The summed E-state index contributed by atoms with van der Waals surface area (Å²) in [7, 11) is 0. The number of nitrogen functional groups attached to an aromatic ring is 1. The Labute approximate surface area is 153 Å². The van der Waals surface area contributed by atoms with Crippen LogP contribution < -0.4 is 11.1 Å².